The molecule has 0 atom stereocenters. The molecule has 0 saturated carbocycles. The van der Waals surface area contributed by atoms with Gasteiger partial charge in [-0.15, -0.1) is 0 Å². The van der Waals surface area contributed by atoms with Gasteiger partial charge in [0.15, 0.2) is 0 Å². The average Bonchev–Trinajstić information content (AvgIpc) is 2.39. The summed E-state index contributed by atoms with van der Waals surface area (Å²) >= 11 is 6.01. The molecular formula is C13H14ClFN4. The van der Waals surface area contributed by atoms with Gasteiger partial charge < -0.3 is 10.6 Å². The average molecular weight is 281 g/mol. The molecular weight excluding hydrogens is 267 g/mol. The van der Waals surface area contributed by atoms with Crippen LogP contribution in [-0.2, 0) is 0 Å². The third kappa shape index (κ3) is 3.12. The van der Waals surface area contributed by atoms with Crippen LogP contribution in [0.4, 0.5) is 21.7 Å². The summed E-state index contributed by atoms with van der Waals surface area (Å²) in [5.74, 6) is 0.983. The maximum atomic E-state index is 13.2. The second-order valence-electron chi connectivity index (χ2n) is 3.98. The lowest BCUT2D eigenvalue weighted by Gasteiger charge is -2.12. The van der Waals surface area contributed by atoms with Gasteiger partial charge in [-0.1, -0.05) is 11.6 Å². The van der Waals surface area contributed by atoms with Gasteiger partial charge in [-0.3, -0.25) is 0 Å². The molecule has 0 unspecified atom stereocenters. The van der Waals surface area contributed by atoms with E-state index in [2.05, 4.69) is 20.6 Å². The Balaban J connectivity index is 2.33. The predicted octanol–water partition coefficient (Wildman–Crippen LogP) is 3.75. The van der Waals surface area contributed by atoms with E-state index < -0.39 is 0 Å². The minimum atomic E-state index is -0.356. The molecule has 0 fully saturated rings. The molecule has 100 valence electrons. The van der Waals surface area contributed by atoms with Crippen LogP contribution in [0, 0.1) is 12.7 Å². The van der Waals surface area contributed by atoms with Gasteiger partial charge in [-0.05, 0) is 32.0 Å². The zero-order valence-electron chi connectivity index (χ0n) is 10.7. The first-order valence-corrected chi connectivity index (χ1v) is 6.27. The van der Waals surface area contributed by atoms with Gasteiger partial charge in [0, 0.05) is 12.1 Å². The Kier molecular flexibility index (Phi) is 4.16. The van der Waals surface area contributed by atoms with E-state index in [9.17, 15) is 4.39 Å². The van der Waals surface area contributed by atoms with Crippen molar-refractivity contribution in [2.75, 3.05) is 17.2 Å². The highest BCUT2D eigenvalue weighted by Crippen LogP contribution is 2.28. The lowest BCUT2D eigenvalue weighted by Crippen LogP contribution is -2.05. The number of hydrogen-bond donors (Lipinski definition) is 2. The Labute approximate surface area is 116 Å². The third-order valence-electron chi connectivity index (χ3n) is 2.61. The topological polar surface area (TPSA) is 49.8 Å². The van der Waals surface area contributed by atoms with Gasteiger partial charge in [-0.2, -0.15) is 0 Å². The van der Waals surface area contributed by atoms with Crippen LogP contribution in [-0.4, -0.2) is 16.5 Å². The van der Waals surface area contributed by atoms with Crippen LogP contribution in [0.15, 0.2) is 24.5 Å². The Morgan fingerprint density at radius 2 is 2.00 bits per heavy atom. The van der Waals surface area contributed by atoms with E-state index in [-0.39, 0.29) is 5.82 Å². The van der Waals surface area contributed by atoms with Gasteiger partial charge in [-0.25, -0.2) is 14.4 Å². The Bertz CT molecular complexity index is 589. The number of nitrogens with zero attached hydrogens (tertiary/aromatic N) is 2. The van der Waals surface area contributed by atoms with Crippen molar-refractivity contribution in [1.29, 1.82) is 0 Å². The summed E-state index contributed by atoms with van der Waals surface area (Å²) in [6.45, 7) is 4.63. The second kappa shape index (κ2) is 5.84. The van der Waals surface area contributed by atoms with Crippen molar-refractivity contribution in [2.45, 2.75) is 13.8 Å². The Morgan fingerprint density at radius 3 is 2.74 bits per heavy atom. The molecule has 0 radical (unpaired) electrons. The van der Waals surface area contributed by atoms with E-state index in [1.165, 1.54) is 24.5 Å². The van der Waals surface area contributed by atoms with Crippen LogP contribution in [0.5, 0.6) is 0 Å². The van der Waals surface area contributed by atoms with E-state index in [1.807, 2.05) is 13.8 Å². The number of anilines is 3. The molecule has 6 heteroatoms. The number of nitrogens with one attached hydrogen (secondary N) is 2. The van der Waals surface area contributed by atoms with E-state index >= 15 is 0 Å². The predicted molar refractivity (Wildman–Crippen MR) is 75.6 cm³/mol. The largest absolute Gasteiger partial charge is 0.370 e. The maximum absolute atomic E-state index is 13.2. The first kappa shape index (κ1) is 13.5. The van der Waals surface area contributed by atoms with Gasteiger partial charge in [0.25, 0.3) is 0 Å². The zero-order valence-corrected chi connectivity index (χ0v) is 11.4. The molecule has 2 rings (SSSR count). The standard InChI is InChI=1S/C13H14ClFN4/c1-3-16-12-8(2)13(18-7-17-12)19-11-6-9(15)4-5-10(11)14/h4-7H,3H2,1-2H3,(H2,16,17,18,19). The van der Waals surface area contributed by atoms with Crippen LogP contribution < -0.4 is 10.6 Å². The zero-order chi connectivity index (χ0) is 13.8. The van der Waals surface area contributed by atoms with E-state index in [0.29, 0.717) is 16.5 Å². The molecule has 0 amide bonds. The van der Waals surface area contributed by atoms with E-state index in [1.54, 1.807) is 0 Å². The number of rotatable bonds is 4. The third-order valence-corrected chi connectivity index (χ3v) is 2.94. The summed E-state index contributed by atoms with van der Waals surface area (Å²) in [4.78, 5) is 8.28. The van der Waals surface area contributed by atoms with Gasteiger partial charge in [0.05, 0.1) is 10.7 Å². The first-order valence-electron chi connectivity index (χ1n) is 5.89. The molecule has 0 aliphatic carbocycles. The number of aromatic nitrogens is 2. The lowest BCUT2D eigenvalue weighted by atomic mass is 10.2. The van der Waals surface area contributed by atoms with Crippen LogP contribution in [0.1, 0.15) is 12.5 Å². The number of halogens is 2. The fourth-order valence-electron chi connectivity index (χ4n) is 1.64. The van der Waals surface area contributed by atoms with Crippen molar-refractivity contribution in [3.63, 3.8) is 0 Å². The van der Waals surface area contributed by atoms with Crippen molar-refractivity contribution in [2.24, 2.45) is 0 Å². The van der Waals surface area contributed by atoms with Crippen molar-refractivity contribution in [3.05, 3.63) is 40.9 Å². The van der Waals surface area contributed by atoms with Crippen LogP contribution >= 0.6 is 11.6 Å². The van der Waals surface area contributed by atoms with Gasteiger partial charge in [0.1, 0.15) is 23.8 Å². The minimum absolute atomic E-state index is 0.356. The summed E-state index contributed by atoms with van der Waals surface area (Å²) in [6.07, 6.45) is 1.44. The minimum Gasteiger partial charge on any atom is -0.370 e. The molecule has 19 heavy (non-hydrogen) atoms. The van der Waals surface area contributed by atoms with Crippen molar-refractivity contribution >= 4 is 28.9 Å². The first-order chi connectivity index (χ1) is 9.11. The van der Waals surface area contributed by atoms with Crippen molar-refractivity contribution < 1.29 is 4.39 Å². The van der Waals surface area contributed by atoms with E-state index in [4.69, 9.17) is 11.6 Å². The van der Waals surface area contributed by atoms with Gasteiger partial charge in [0.2, 0.25) is 0 Å². The molecule has 0 spiro atoms. The summed E-state index contributed by atoms with van der Waals surface area (Å²) in [5.41, 5.74) is 1.33. The van der Waals surface area contributed by atoms with Crippen LogP contribution in [0.2, 0.25) is 5.02 Å². The number of hydrogen-bond acceptors (Lipinski definition) is 4. The second-order valence-corrected chi connectivity index (χ2v) is 4.38. The molecule has 4 nitrogen and oxygen atoms in total. The van der Waals surface area contributed by atoms with Crippen molar-refractivity contribution in [1.82, 2.24) is 9.97 Å². The van der Waals surface area contributed by atoms with Crippen LogP contribution in [0.3, 0.4) is 0 Å². The molecule has 0 bridgehead atoms. The van der Waals surface area contributed by atoms with E-state index in [0.717, 1.165) is 17.9 Å². The summed E-state index contributed by atoms with van der Waals surface area (Å²) in [7, 11) is 0. The highest BCUT2D eigenvalue weighted by molar-refractivity contribution is 6.33. The Morgan fingerprint density at radius 1 is 1.26 bits per heavy atom. The molecule has 1 aromatic carbocycles. The van der Waals surface area contributed by atoms with Gasteiger partial charge >= 0.3 is 0 Å². The Hall–Kier alpha value is -1.88. The normalized spacial score (nSPS) is 10.3. The highest BCUT2D eigenvalue weighted by atomic mass is 35.5. The SMILES string of the molecule is CCNc1ncnc(Nc2cc(F)ccc2Cl)c1C. The fraction of sp³-hybridized carbons (Fsp3) is 0.231. The smallest absolute Gasteiger partial charge is 0.138 e. The summed E-state index contributed by atoms with van der Waals surface area (Å²) in [5, 5.41) is 6.58. The quantitative estimate of drug-likeness (QED) is 0.895. The van der Waals surface area contributed by atoms with Crippen LogP contribution in [0.25, 0.3) is 0 Å². The molecule has 0 aliphatic rings. The molecule has 1 heterocycles. The molecule has 1 aromatic heterocycles. The number of benzene rings is 1. The highest BCUT2D eigenvalue weighted by Gasteiger charge is 2.09. The monoisotopic (exact) mass is 280 g/mol. The summed E-state index contributed by atoms with van der Waals surface area (Å²) in [6, 6.07) is 4.14. The molecule has 2 N–H and O–H groups in total. The fourth-order valence-corrected chi connectivity index (χ4v) is 1.81. The molecule has 2 aromatic rings. The molecule has 0 saturated heterocycles. The summed E-state index contributed by atoms with van der Waals surface area (Å²) < 4.78 is 13.2. The molecule has 0 aliphatic heterocycles. The van der Waals surface area contributed by atoms with Crippen molar-refractivity contribution in [3.8, 4) is 0 Å². The maximum Gasteiger partial charge on any atom is 0.138 e. The lowest BCUT2D eigenvalue weighted by molar-refractivity contribution is 0.628.